The fourth-order valence-electron chi connectivity index (χ4n) is 2.46. The Morgan fingerprint density at radius 1 is 1.35 bits per heavy atom. The van der Waals surface area contributed by atoms with Crippen LogP contribution >= 0.6 is 0 Å². The summed E-state index contributed by atoms with van der Waals surface area (Å²) in [5.41, 5.74) is 0. The van der Waals surface area contributed by atoms with E-state index in [1.54, 1.807) is 0 Å². The van der Waals surface area contributed by atoms with Gasteiger partial charge in [-0.25, -0.2) is 4.79 Å². The van der Waals surface area contributed by atoms with Gasteiger partial charge in [0.15, 0.2) is 0 Å². The Morgan fingerprint density at radius 2 is 2.12 bits per heavy atom. The summed E-state index contributed by atoms with van der Waals surface area (Å²) in [5, 5.41) is 18.5. The molecule has 96 valence electrons. The first-order chi connectivity index (χ1) is 8.09. The first kappa shape index (κ1) is 12.3. The van der Waals surface area contributed by atoms with Crippen LogP contribution < -0.4 is 0 Å². The van der Waals surface area contributed by atoms with Crippen LogP contribution in [0, 0.1) is 5.92 Å². The van der Waals surface area contributed by atoms with Crippen molar-refractivity contribution in [1.29, 1.82) is 0 Å². The number of aliphatic hydroxyl groups excluding tert-OH is 1. The number of nitrogens with zero attached hydrogens (tertiary/aromatic N) is 1. The van der Waals surface area contributed by atoms with E-state index < -0.39 is 18.1 Å². The number of carboxylic acid groups (broad SMARTS) is 1. The number of rotatable bonds is 2. The van der Waals surface area contributed by atoms with Gasteiger partial charge in [0, 0.05) is 19.6 Å². The predicted octanol–water partition coefficient (Wildman–Crippen LogP) is -0.541. The third-order valence-corrected chi connectivity index (χ3v) is 3.36. The summed E-state index contributed by atoms with van der Waals surface area (Å²) < 4.78 is 5.23. The molecule has 2 aliphatic rings. The van der Waals surface area contributed by atoms with Crippen LogP contribution in [-0.4, -0.2) is 58.9 Å². The second-order valence-corrected chi connectivity index (χ2v) is 4.65. The Labute approximate surface area is 99.2 Å². The van der Waals surface area contributed by atoms with Crippen molar-refractivity contribution in [2.24, 2.45) is 5.92 Å². The van der Waals surface area contributed by atoms with E-state index in [9.17, 15) is 14.7 Å². The van der Waals surface area contributed by atoms with E-state index in [4.69, 9.17) is 9.84 Å². The lowest BCUT2D eigenvalue weighted by Crippen LogP contribution is -2.45. The molecule has 0 aromatic rings. The molecular formula is C11H17NO5. The number of hydrogen-bond acceptors (Lipinski definition) is 4. The number of likely N-dealkylation sites (tertiary alicyclic amines) is 1. The number of ether oxygens (including phenoxy) is 1. The van der Waals surface area contributed by atoms with Crippen LogP contribution in [0.3, 0.4) is 0 Å². The monoisotopic (exact) mass is 243 g/mol. The second kappa shape index (κ2) is 5.01. The van der Waals surface area contributed by atoms with Gasteiger partial charge in [-0.1, -0.05) is 0 Å². The summed E-state index contributed by atoms with van der Waals surface area (Å²) in [7, 11) is 0. The highest BCUT2D eigenvalue weighted by Crippen LogP contribution is 2.24. The summed E-state index contributed by atoms with van der Waals surface area (Å²) in [6, 6.07) is -0.889. The van der Waals surface area contributed by atoms with Crippen LogP contribution in [-0.2, 0) is 14.3 Å². The van der Waals surface area contributed by atoms with Crippen LogP contribution in [0.5, 0.6) is 0 Å². The van der Waals surface area contributed by atoms with Gasteiger partial charge < -0.3 is 19.8 Å². The number of carbonyl (C=O) groups is 2. The Morgan fingerprint density at radius 3 is 2.71 bits per heavy atom. The number of aliphatic carboxylic acids is 1. The van der Waals surface area contributed by atoms with Gasteiger partial charge in [-0.05, 0) is 12.8 Å². The highest BCUT2D eigenvalue weighted by molar-refractivity contribution is 5.86. The van der Waals surface area contributed by atoms with Crippen molar-refractivity contribution >= 4 is 11.9 Å². The molecule has 1 amide bonds. The Hall–Kier alpha value is -1.14. The smallest absolute Gasteiger partial charge is 0.326 e. The van der Waals surface area contributed by atoms with E-state index in [1.807, 2.05) is 0 Å². The minimum absolute atomic E-state index is 0.117. The Bertz CT molecular complexity index is 313. The highest BCUT2D eigenvalue weighted by Gasteiger charge is 2.41. The molecule has 17 heavy (non-hydrogen) atoms. The van der Waals surface area contributed by atoms with E-state index in [0.717, 1.165) is 12.8 Å². The lowest BCUT2D eigenvalue weighted by Gasteiger charge is -2.28. The van der Waals surface area contributed by atoms with Crippen LogP contribution in [0.2, 0.25) is 0 Å². The average Bonchev–Trinajstić information content (AvgIpc) is 2.72. The van der Waals surface area contributed by atoms with Crippen LogP contribution in [0.4, 0.5) is 0 Å². The van der Waals surface area contributed by atoms with Crippen molar-refractivity contribution in [2.75, 3.05) is 19.8 Å². The van der Waals surface area contributed by atoms with Crippen LogP contribution in [0.15, 0.2) is 0 Å². The molecule has 0 aliphatic carbocycles. The van der Waals surface area contributed by atoms with Crippen LogP contribution in [0.1, 0.15) is 19.3 Å². The van der Waals surface area contributed by atoms with Crippen molar-refractivity contribution in [3.8, 4) is 0 Å². The molecule has 2 N–H and O–H groups in total. The number of β-amino-alcohol motifs (C(OH)–C–C–N with tert-alkyl or cyclic N) is 1. The molecule has 0 aromatic heterocycles. The third-order valence-electron chi connectivity index (χ3n) is 3.36. The molecule has 0 saturated carbocycles. The maximum absolute atomic E-state index is 12.1. The Kier molecular flexibility index (Phi) is 3.63. The van der Waals surface area contributed by atoms with E-state index >= 15 is 0 Å². The molecular weight excluding hydrogens is 226 g/mol. The largest absolute Gasteiger partial charge is 0.480 e. The zero-order chi connectivity index (χ0) is 12.4. The predicted molar refractivity (Wildman–Crippen MR) is 57.3 cm³/mol. The molecule has 2 heterocycles. The maximum atomic E-state index is 12.1. The Balaban J connectivity index is 2.04. The molecule has 2 fully saturated rings. The summed E-state index contributed by atoms with van der Waals surface area (Å²) in [5.74, 6) is -1.50. The van der Waals surface area contributed by atoms with Crippen molar-refractivity contribution in [1.82, 2.24) is 4.90 Å². The highest BCUT2D eigenvalue weighted by atomic mass is 16.5. The molecule has 2 rings (SSSR count). The molecule has 0 aromatic carbocycles. The molecule has 2 saturated heterocycles. The number of carbonyl (C=O) groups excluding carboxylic acids is 1. The summed E-state index contributed by atoms with van der Waals surface area (Å²) in [6.07, 6.45) is 0.946. The van der Waals surface area contributed by atoms with Gasteiger partial charge in [-0.3, -0.25) is 4.79 Å². The first-order valence-corrected chi connectivity index (χ1v) is 5.88. The number of aliphatic hydroxyl groups is 1. The van der Waals surface area contributed by atoms with Gasteiger partial charge in [-0.2, -0.15) is 0 Å². The zero-order valence-electron chi connectivity index (χ0n) is 9.54. The van der Waals surface area contributed by atoms with Gasteiger partial charge in [0.25, 0.3) is 0 Å². The first-order valence-electron chi connectivity index (χ1n) is 5.88. The zero-order valence-corrected chi connectivity index (χ0v) is 9.54. The summed E-state index contributed by atoms with van der Waals surface area (Å²) in [4.78, 5) is 24.4. The number of carboxylic acids is 1. The molecule has 3 atom stereocenters. The maximum Gasteiger partial charge on any atom is 0.326 e. The second-order valence-electron chi connectivity index (χ2n) is 4.65. The van der Waals surface area contributed by atoms with Crippen molar-refractivity contribution < 1.29 is 24.5 Å². The summed E-state index contributed by atoms with van der Waals surface area (Å²) >= 11 is 0. The molecule has 1 unspecified atom stereocenters. The van der Waals surface area contributed by atoms with Crippen molar-refractivity contribution in [3.63, 3.8) is 0 Å². The molecule has 2 aliphatic heterocycles. The standard InChI is InChI=1S/C11H17NO5/c13-8-4-9(11(15)16)12(5-8)10(14)7-2-1-3-17-6-7/h7-9,13H,1-6H2,(H,15,16)/t7?,8-,9+/m1/s1. The average molecular weight is 243 g/mol. The molecule has 0 radical (unpaired) electrons. The third kappa shape index (κ3) is 2.58. The topological polar surface area (TPSA) is 87.1 Å². The van der Waals surface area contributed by atoms with E-state index in [-0.39, 0.29) is 24.8 Å². The van der Waals surface area contributed by atoms with Gasteiger partial charge in [0.1, 0.15) is 6.04 Å². The fourth-order valence-corrected chi connectivity index (χ4v) is 2.46. The molecule has 6 nitrogen and oxygen atoms in total. The summed E-state index contributed by atoms with van der Waals surface area (Å²) in [6.45, 7) is 1.14. The number of hydrogen-bond donors (Lipinski definition) is 2. The van der Waals surface area contributed by atoms with E-state index in [0.29, 0.717) is 13.2 Å². The van der Waals surface area contributed by atoms with Gasteiger partial charge in [0.2, 0.25) is 5.91 Å². The minimum atomic E-state index is -1.05. The molecule has 6 heteroatoms. The van der Waals surface area contributed by atoms with E-state index in [2.05, 4.69) is 0 Å². The van der Waals surface area contributed by atoms with Crippen LogP contribution in [0.25, 0.3) is 0 Å². The SMILES string of the molecule is O=C(O)[C@@H]1C[C@@H](O)CN1C(=O)C1CCCOC1. The molecule has 0 spiro atoms. The molecule has 0 bridgehead atoms. The van der Waals surface area contributed by atoms with E-state index in [1.165, 1.54) is 4.90 Å². The van der Waals surface area contributed by atoms with Gasteiger partial charge in [0.05, 0.1) is 18.6 Å². The normalized spacial score (nSPS) is 33.7. The minimum Gasteiger partial charge on any atom is -0.480 e. The van der Waals surface area contributed by atoms with Gasteiger partial charge >= 0.3 is 5.97 Å². The lowest BCUT2D eigenvalue weighted by molar-refractivity contribution is -0.151. The number of amides is 1. The quantitative estimate of drug-likeness (QED) is 0.680. The van der Waals surface area contributed by atoms with Gasteiger partial charge in [-0.15, -0.1) is 0 Å². The van der Waals surface area contributed by atoms with Crippen molar-refractivity contribution in [2.45, 2.75) is 31.4 Å². The fraction of sp³-hybridized carbons (Fsp3) is 0.818. The lowest BCUT2D eigenvalue weighted by atomic mass is 10.0. The van der Waals surface area contributed by atoms with Crippen molar-refractivity contribution in [3.05, 3.63) is 0 Å².